The topological polar surface area (TPSA) is 49.4 Å². The van der Waals surface area contributed by atoms with E-state index in [2.05, 4.69) is 5.32 Å². The quantitative estimate of drug-likeness (QED) is 0.653. The average molecular weight is 349 g/mol. The van der Waals surface area contributed by atoms with Crippen LogP contribution in [0, 0.1) is 23.3 Å². The van der Waals surface area contributed by atoms with Crippen molar-refractivity contribution < 1.29 is 26.0 Å². The van der Waals surface area contributed by atoms with Crippen LogP contribution in [0.2, 0.25) is 0 Å². The molecule has 120 valence electrons. The summed E-state index contributed by atoms with van der Waals surface area (Å²) >= 11 is 0. The minimum absolute atomic E-state index is 0. The monoisotopic (exact) mass is 348 g/mol. The summed E-state index contributed by atoms with van der Waals surface area (Å²) in [6.45, 7) is 2.04. The van der Waals surface area contributed by atoms with Gasteiger partial charge in [0.25, 0.3) is 0 Å². The molecule has 0 aromatic heterocycles. The highest BCUT2D eigenvalue weighted by Crippen LogP contribution is 2.28. The number of hydrogen-bond acceptors (Lipinski definition) is 3. The predicted molar refractivity (Wildman–Crippen MR) is 69.7 cm³/mol. The molecule has 1 atom stereocenters. The number of nitrogens with zero attached hydrogens (tertiary/aromatic N) is 1. The molecule has 21 heavy (non-hydrogen) atoms. The molecule has 0 amide bonds. The van der Waals surface area contributed by atoms with E-state index in [4.69, 9.17) is 0 Å². The molecule has 1 aromatic carbocycles. The highest BCUT2D eigenvalue weighted by Gasteiger charge is 2.37. The van der Waals surface area contributed by atoms with E-state index < -0.39 is 44.2 Å². The predicted octanol–water partition coefficient (Wildman–Crippen LogP) is 1.65. The SMILES string of the molecule is C[C@@H]1CNCCN1S(=O)(=O)c1c(F)c(F)cc(F)c1F.Cl. The van der Waals surface area contributed by atoms with Gasteiger partial charge in [0, 0.05) is 31.7 Å². The van der Waals surface area contributed by atoms with Crippen LogP contribution in [0.1, 0.15) is 6.92 Å². The molecule has 0 aliphatic carbocycles. The van der Waals surface area contributed by atoms with Crippen LogP contribution >= 0.6 is 12.4 Å². The lowest BCUT2D eigenvalue weighted by molar-refractivity contribution is 0.280. The van der Waals surface area contributed by atoms with Crippen LogP contribution in [0.15, 0.2) is 11.0 Å². The van der Waals surface area contributed by atoms with E-state index >= 15 is 0 Å². The lowest BCUT2D eigenvalue weighted by Crippen LogP contribution is -2.52. The smallest absolute Gasteiger partial charge is 0.249 e. The minimum atomic E-state index is -4.65. The van der Waals surface area contributed by atoms with E-state index in [0.29, 0.717) is 0 Å². The zero-order chi connectivity index (χ0) is 15.1. The number of sulfonamides is 1. The van der Waals surface area contributed by atoms with Gasteiger partial charge in [0.15, 0.2) is 28.2 Å². The van der Waals surface area contributed by atoms with Crippen molar-refractivity contribution in [2.75, 3.05) is 19.6 Å². The third kappa shape index (κ3) is 3.15. The van der Waals surface area contributed by atoms with Crippen molar-refractivity contribution in [2.24, 2.45) is 0 Å². The van der Waals surface area contributed by atoms with Gasteiger partial charge in [-0.25, -0.2) is 26.0 Å². The normalized spacial score (nSPS) is 20.1. The zero-order valence-corrected chi connectivity index (χ0v) is 12.5. The molecule has 0 radical (unpaired) electrons. The summed E-state index contributed by atoms with van der Waals surface area (Å²) in [5.41, 5.74) is 0. The molecule has 0 unspecified atom stereocenters. The first-order valence-electron chi connectivity index (χ1n) is 5.82. The third-order valence-electron chi connectivity index (χ3n) is 3.08. The summed E-state index contributed by atoms with van der Waals surface area (Å²) < 4.78 is 78.8. The molecular formula is C11H13ClF4N2O2S. The Morgan fingerprint density at radius 2 is 1.71 bits per heavy atom. The van der Waals surface area contributed by atoms with Crippen molar-refractivity contribution in [2.45, 2.75) is 17.9 Å². The molecule has 1 aliphatic rings. The summed E-state index contributed by atoms with van der Waals surface area (Å²) in [5.74, 6) is -7.31. The van der Waals surface area contributed by atoms with Crippen LogP contribution < -0.4 is 5.32 Å². The molecule has 4 nitrogen and oxygen atoms in total. The fourth-order valence-electron chi connectivity index (χ4n) is 2.07. The minimum Gasteiger partial charge on any atom is -0.314 e. The van der Waals surface area contributed by atoms with Crippen molar-refractivity contribution in [3.8, 4) is 0 Å². The van der Waals surface area contributed by atoms with Crippen molar-refractivity contribution in [1.82, 2.24) is 9.62 Å². The van der Waals surface area contributed by atoms with Gasteiger partial charge >= 0.3 is 0 Å². The highest BCUT2D eigenvalue weighted by atomic mass is 35.5. The summed E-state index contributed by atoms with van der Waals surface area (Å²) in [4.78, 5) is -1.58. The van der Waals surface area contributed by atoms with Crippen LogP contribution in [-0.4, -0.2) is 38.4 Å². The van der Waals surface area contributed by atoms with E-state index in [9.17, 15) is 26.0 Å². The zero-order valence-electron chi connectivity index (χ0n) is 10.9. The molecular weight excluding hydrogens is 336 g/mol. The van der Waals surface area contributed by atoms with E-state index in [1.54, 1.807) is 0 Å². The first kappa shape index (κ1) is 18.1. The summed E-state index contributed by atoms with van der Waals surface area (Å²) in [6, 6.07) is -0.607. The number of piperazine rings is 1. The largest absolute Gasteiger partial charge is 0.314 e. The van der Waals surface area contributed by atoms with Gasteiger partial charge in [0.1, 0.15) is 0 Å². The van der Waals surface area contributed by atoms with Crippen LogP contribution in [0.25, 0.3) is 0 Å². The molecule has 1 N–H and O–H groups in total. The van der Waals surface area contributed by atoms with Crippen molar-refractivity contribution in [3.63, 3.8) is 0 Å². The molecule has 0 spiro atoms. The number of benzene rings is 1. The van der Waals surface area contributed by atoms with Crippen LogP contribution in [0.3, 0.4) is 0 Å². The maximum atomic E-state index is 13.6. The van der Waals surface area contributed by atoms with Gasteiger partial charge in [-0.2, -0.15) is 4.31 Å². The second kappa shape index (κ2) is 6.47. The third-order valence-corrected chi connectivity index (χ3v) is 5.11. The number of halogens is 5. The molecule has 1 saturated heterocycles. The molecule has 0 saturated carbocycles. The van der Waals surface area contributed by atoms with E-state index in [1.807, 2.05) is 0 Å². The Morgan fingerprint density at radius 1 is 1.19 bits per heavy atom. The molecule has 2 rings (SSSR count). The Hall–Kier alpha value is -0.900. The number of nitrogens with one attached hydrogen (secondary N) is 1. The first-order valence-corrected chi connectivity index (χ1v) is 7.26. The van der Waals surface area contributed by atoms with Gasteiger partial charge in [-0.05, 0) is 6.92 Å². The lowest BCUT2D eigenvalue weighted by atomic mass is 10.3. The summed E-state index contributed by atoms with van der Waals surface area (Å²) in [6.07, 6.45) is 0. The van der Waals surface area contributed by atoms with Gasteiger partial charge in [-0.3, -0.25) is 0 Å². The Balaban J connectivity index is 0.00000220. The van der Waals surface area contributed by atoms with Gasteiger partial charge in [-0.1, -0.05) is 0 Å². The number of rotatable bonds is 2. The van der Waals surface area contributed by atoms with Gasteiger partial charge in [0.05, 0.1) is 0 Å². The molecule has 0 bridgehead atoms. The molecule has 1 aromatic rings. The molecule has 1 fully saturated rings. The maximum Gasteiger partial charge on any atom is 0.249 e. The standard InChI is InChI=1S/C11H12F4N2O2S.ClH/c1-6-5-16-2-3-17(6)20(18,19)11-9(14)7(12)4-8(13)10(11)15;/h4,6,16H,2-3,5H2,1H3;1H/t6-;/m1./s1. The van der Waals surface area contributed by atoms with Crippen molar-refractivity contribution in [1.29, 1.82) is 0 Å². The van der Waals surface area contributed by atoms with Gasteiger partial charge in [-0.15, -0.1) is 12.4 Å². The van der Waals surface area contributed by atoms with Crippen molar-refractivity contribution in [3.05, 3.63) is 29.3 Å². The average Bonchev–Trinajstić information content (AvgIpc) is 2.36. The molecule has 1 heterocycles. The van der Waals surface area contributed by atoms with Crippen LogP contribution in [0.4, 0.5) is 17.6 Å². The fraction of sp³-hybridized carbons (Fsp3) is 0.455. The number of hydrogen-bond donors (Lipinski definition) is 1. The maximum absolute atomic E-state index is 13.6. The lowest BCUT2D eigenvalue weighted by Gasteiger charge is -2.32. The summed E-state index contributed by atoms with van der Waals surface area (Å²) in [7, 11) is -4.65. The van der Waals surface area contributed by atoms with E-state index in [0.717, 1.165) is 4.31 Å². The van der Waals surface area contributed by atoms with Crippen LogP contribution in [0.5, 0.6) is 0 Å². The van der Waals surface area contributed by atoms with Crippen LogP contribution in [-0.2, 0) is 10.0 Å². The second-order valence-electron chi connectivity index (χ2n) is 4.47. The Bertz CT molecular complexity index is 615. The molecule has 10 heteroatoms. The second-order valence-corrected chi connectivity index (χ2v) is 6.29. The van der Waals surface area contributed by atoms with E-state index in [1.165, 1.54) is 6.92 Å². The first-order chi connectivity index (χ1) is 9.26. The Labute approximate surface area is 125 Å². The van der Waals surface area contributed by atoms with Gasteiger partial charge in [0.2, 0.25) is 10.0 Å². The van der Waals surface area contributed by atoms with E-state index in [-0.39, 0.29) is 38.1 Å². The Morgan fingerprint density at radius 3 is 2.19 bits per heavy atom. The van der Waals surface area contributed by atoms with Gasteiger partial charge < -0.3 is 5.32 Å². The Kier molecular flexibility index (Phi) is 5.59. The van der Waals surface area contributed by atoms with Crippen molar-refractivity contribution >= 4 is 22.4 Å². The molecule has 1 aliphatic heterocycles. The summed E-state index contributed by atoms with van der Waals surface area (Å²) in [5, 5.41) is 2.90. The highest BCUT2D eigenvalue weighted by molar-refractivity contribution is 7.89. The fourth-order valence-corrected chi connectivity index (χ4v) is 3.84.